The van der Waals surface area contributed by atoms with Gasteiger partial charge >= 0.3 is 0 Å². The molecule has 0 aliphatic heterocycles. The van der Waals surface area contributed by atoms with Crippen LogP contribution in [-0.4, -0.2) is 12.7 Å². The molecule has 1 heteroatoms. The molecule has 0 amide bonds. The highest BCUT2D eigenvalue weighted by atomic mass is 16.5. The summed E-state index contributed by atoms with van der Waals surface area (Å²) in [5, 5.41) is 0. The number of hydrogen-bond donors (Lipinski definition) is 0. The van der Waals surface area contributed by atoms with Crippen LogP contribution in [0.15, 0.2) is 0 Å². The number of rotatable bonds is 16. The van der Waals surface area contributed by atoms with E-state index in [0.717, 1.165) is 12.5 Å². The van der Waals surface area contributed by atoms with Crippen molar-refractivity contribution >= 4 is 0 Å². The third-order valence-electron chi connectivity index (χ3n) is 4.20. The van der Waals surface area contributed by atoms with Gasteiger partial charge in [0.05, 0.1) is 6.10 Å². The van der Waals surface area contributed by atoms with Crippen LogP contribution in [0, 0.1) is 5.92 Å². The van der Waals surface area contributed by atoms with Gasteiger partial charge in [-0.25, -0.2) is 0 Å². The quantitative estimate of drug-likeness (QED) is 0.275. The van der Waals surface area contributed by atoms with Gasteiger partial charge in [-0.3, -0.25) is 0 Å². The summed E-state index contributed by atoms with van der Waals surface area (Å²) in [6, 6.07) is 0. The van der Waals surface area contributed by atoms with E-state index >= 15 is 0 Å². The molecule has 0 aliphatic rings. The first-order valence-corrected chi connectivity index (χ1v) is 9.78. The van der Waals surface area contributed by atoms with Crippen molar-refractivity contribution in [2.75, 3.05) is 6.61 Å². The zero-order valence-electron chi connectivity index (χ0n) is 15.5. The second-order valence-corrected chi connectivity index (χ2v) is 7.20. The molecule has 128 valence electrons. The number of ether oxygens (including phenoxy) is 1. The van der Waals surface area contributed by atoms with Gasteiger partial charge < -0.3 is 4.74 Å². The van der Waals surface area contributed by atoms with Gasteiger partial charge in [0.15, 0.2) is 0 Å². The van der Waals surface area contributed by atoms with Crippen LogP contribution in [0.2, 0.25) is 0 Å². The molecule has 0 N–H and O–H groups in total. The van der Waals surface area contributed by atoms with Gasteiger partial charge in [0.2, 0.25) is 0 Å². The Hall–Kier alpha value is -0.0400. The molecule has 21 heavy (non-hydrogen) atoms. The lowest BCUT2D eigenvalue weighted by Crippen LogP contribution is -2.12. The van der Waals surface area contributed by atoms with E-state index in [1.54, 1.807) is 0 Å². The second kappa shape index (κ2) is 16.3. The van der Waals surface area contributed by atoms with E-state index in [1.165, 1.54) is 83.5 Å². The molecule has 0 aromatic carbocycles. The maximum absolute atomic E-state index is 5.84. The van der Waals surface area contributed by atoms with Gasteiger partial charge in [-0.1, -0.05) is 91.4 Å². The summed E-state index contributed by atoms with van der Waals surface area (Å²) in [5.41, 5.74) is 0. The van der Waals surface area contributed by atoms with Crippen molar-refractivity contribution in [2.24, 2.45) is 5.92 Å². The summed E-state index contributed by atoms with van der Waals surface area (Å²) in [6.45, 7) is 10.00. The van der Waals surface area contributed by atoms with Crippen LogP contribution in [-0.2, 0) is 4.74 Å². The lowest BCUT2D eigenvalue weighted by atomic mass is 10.1. The Kier molecular flexibility index (Phi) is 16.3. The highest BCUT2D eigenvalue weighted by Gasteiger charge is 2.04. The highest BCUT2D eigenvalue weighted by molar-refractivity contribution is 4.54. The molecule has 0 rings (SSSR count). The smallest absolute Gasteiger partial charge is 0.0549 e. The topological polar surface area (TPSA) is 9.23 Å². The Labute approximate surface area is 135 Å². The fraction of sp³-hybridized carbons (Fsp3) is 1.00. The monoisotopic (exact) mass is 298 g/mol. The zero-order valence-corrected chi connectivity index (χ0v) is 15.5. The zero-order chi connectivity index (χ0) is 15.8. The van der Waals surface area contributed by atoms with Crippen molar-refractivity contribution in [2.45, 2.75) is 117 Å². The lowest BCUT2D eigenvalue weighted by Gasteiger charge is -2.14. The predicted octanol–water partition coefficient (Wildman–Crippen LogP) is 7.14. The first-order chi connectivity index (χ1) is 10.2. The van der Waals surface area contributed by atoms with Crippen molar-refractivity contribution in [3.05, 3.63) is 0 Å². The van der Waals surface area contributed by atoms with E-state index in [9.17, 15) is 0 Å². The molecule has 1 nitrogen and oxygen atoms in total. The van der Waals surface area contributed by atoms with E-state index in [1.807, 2.05) is 0 Å². The Morgan fingerprint density at radius 1 is 0.619 bits per heavy atom. The van der Waals surface area contributed by atoms with E-state index in [2.05, 4.69) is 27.7 Å². The fourth-order valence-corrected chi connectivity index (χ4v) is 2.96. The molecule has 0 saturated carbocycles. The first-order valence-electron chi connectivity index (χ1n) is 9.78. The molecule has 0 radical (unpaired) electrons. The van der Waals surface area contributed by atoms with Gasteiger partial charge in [-0.05, 0) is 25.7 Å². The van der Waals surface area contributed by atoms with Crippen LogP contribution in [0.3, 0.4) is 0 Å². The van der Waals surface area contributed by atoms with Crippen LogP contribution in [0.4, 0.5) is 0 Å². The van der Waals surface area contributed by atoms with Crippen LogP contribution in [0.5, 0.6) is 0 Å². The average molecular weight is 299 g/mol. The molecule has 0 bridgehead atoms. The van der Waals surface area contributed by atoms with Crippen LogP contribution < -0.4 is 0 Å². The van der Waals surface area contributed by atoms with Gasteiger partial charge in [0.1, 0.15) is 0 Å². The molecule has 0 saturated heterocycles. The van der Waals surface area contributed by atoms with Gasteiger partial charge in [0, 0.05) is 6.61 Å². The third-order valence-corrected chi connectivity index (χ3v) is 4.20. The van der Waals surface area contributed by atoms with Crippen molar-refractivity contribution in [1.82, 2.24) is 0 Å². The summed E-state index contributed by atoms with van der Waals surface area (Å²) < 4.78 is 5.84. The molecular weight excluding hydrogens is 256 g/mol. The predicted molar refractivity (Wildman–Crippen MR) is 95.9 cm³/mol. The highest BCUT2D eigenvalue weighted by Crippen LogP contribution is 2.12. The molecule has 0 spiro atoms. The van der Waals surface area contributed by atoms with Crippen molar-refractivity contribution in [1.29, 1.82) is 0 Å². The lowest BCUT2D eigenvalue weighted by molar-refractivity contribution is 0.0494. The Morgan fingerprint density at radius 3 is 1.48 bits per heavy atom. The summed E-state index contributed by atoms with van der Waals surface area (Å²) in [4.78, 5) is 0. The SMILES string of the molecule is CCCCCCCCCCCCCCOC(C)CC(C)C. The minimum atomic E-state index is 0.442. The second-order valence-electron chi connectivity index (χ2n) is 7.20. The molecule has 1 atom stereocenters. The molecule has 0 aromatic heterocycles. The molecule has 0 heterocycles. The van der Waals surface area contributed by atoms with Crippen molar-refractivity contribution in [3.63, 3.8) is 0 Å². The summed E-state index contributed by atoms with van der Waals surface area (Å²) in [6.07, 6.45) is 18.6. The summed E-state index contributed by atoms with van der Waals surface area (Å²) >= 11 is 0. The Bertz CT molecular complexity index is 188. The van der Waals surface area contributed by atoms with E-state index < -0.39 is 0 Å². The first kappa shape index (κ1) is 21.0. The molecule has 1 unspecified atom stereocenters. The Balaban J connectivity index is 3.05. The minimum absolute atomic E-state index is 0.442. The molecule has 0 aromatic rings. The standard InChI is InChI=1S/C20H42O/c1-5-6-7-8-9-10-11-12-13-14-15-16-17-21-20(4)18-19(2)3/h19-20H,5-18H2,1-4H3. The van der Waals surface area contributed by atoms with E-state index in [0.29, 0.717) is 6.10 Å². The Morgan fingerprint density at radius 2 is 1.05 bits per heavy atom. The summed E-state index contributed by atoms with van der Waals surface area (Å²) in [5.74, 6) is 0.752. The van der Waals surface area contributed by atoms with Crippen LogP contribution in [0.1, 0.15) is 111 Å². The van der Waals surface area contributed by atoms with Crippen molar-refractivity contribution < 1.29 is 4.74 Å². The van der Waals surface area contributed by atoms with Gasteiger partial charge in [0.25, 0.3) is 0 Å². The molecular formula is C20H42O. The minimum Gasteiger partial charge on any atom is -0.379 e. The van der Waals surface area contributed by atoms with E-state index in [-0.39, 0.29) is 0 Å². The van der Waals surface area contributed by atoms with Crippen LogP contribution >= 0.6 is 0 Å². The largest absolute Gasteiger partial charge is 0.379 e. The maximum Gasteiger partial charge on any atom is 0.0549 e. The van der Waals surface area contributed by atoms with Gasteiger partial charge in [-0.15, -0.1) is 0 Å². The molecule has 0 aliphatic carbocycles. The average Bonchev–Trinajstić information content (AvgIpc) is 2.43. The normalized spacial score (nSPS) is 13.0. The van der Waals surface area contributed by atoms with E-state index in [4.69, 9.17) is 4.74 Å². The third kappa shape index (κ3) is 17.9. The van der Waals surface area contributed by atoms with Gasteiger partial charge in [-0.2, -0.15) is 0 Å². The number of unbranched alkanes of at least 4 members (excludes halogenated alkanes) is 11. The maximum atomic E-state index is 5.84. The van der Waals surface area contributed by atoms with Crippen LogP contribution in [0.25, 0.3) is 0 Å². The molecule has 0 fully saturated rings. The number of hydrogen-bond acceptors (Lipinski definition) is 1. The van der Waals surface area contributed by atoms with Crippen molar-refractivity contribution in [3.8, 4) is 0 Å². The summed E-state index contributed by atoms with van der Waals surface area (Å²) in [7, 11) is 0. The fourth-order valence-electron chi connectivity index (χ4n) is 2.96.